The van der Waals surface area contributed by atoms with Gasteiger partial charge in [0.2, 0.25) is 0 Å². The Bertz CT molecular complexity index is 525. The molecule has 1 heterocycles. The Labute approximate surface area is 121 Å². The van der Waals surface area contributed by atoms with E-state index in [4.69, 9.17) is 4.74 Å². The van der Waals surface area contributed by atoms with Crippen LogP contribution in [-0.2, 0) is 11.3 Å². The molecule has 0 saturated heterocycles. The molecule has 0 fully saturated rings. The molecule has 3 heteroatoms. The zero-order valence-corrected chi connectivity index (χ0v) is 12.4. The largest absolute Gasteiger partial charge is 0.380 e. The van der Waals surface area contributed by atoms with Crippen LogP contribution in [0.3, 0.4) is 0 Å². The quantitative estimate of drug-likeness (QED) is 0.748. The lowest BCUT2D eigenvalue weighted by Gasteiger charge is -2.08. The van der Waals surface area contributed by atoms with E-state index in [-0.39, 0.29) is 0 Å². The zero-order chi connectivity index (χ0) is 14.2. The van der Waals surface area contributed by atoms with Crippen molar-refractivity contribution in [3.63, 3.8) is 0 Å². The van der Waals surface area contributed by atoms with Gasteiger partial charge in [0.15, 0.2) is 0 Å². The minimum atomic E-state index is 0.718. The molecule has 0 radical (unpaired) electrons. The molecule has 0 bridgehead atoms. The van der Waals surface area contributed by atoms with Gasteiger partial charge < -0.3 is 10.1 Å². The Morgan fingerprint density at radius 3 is 2.90 bits per heavy atom. The molecule has 0 aliphatic rings. The number of nitrogens with one attached hydrogen (secondary N) is 1. The number of hydrogen-bond donors (Lipinski definition) is 1. The molecule has 0 amide bonds. The van der Waals surface area contributed by atoms with Gasteiger partial charge in [0.25, 0.3) is 0 Å². The van der Waals surface area contributed by atoms with Crippen LogP contribution in [0.15, 0.2) is 36.7 Å². The van der Waals surface area contributed by atoms with Crippen molar-refractivity contribution < 1.29 is 4.74 Å². The second-order valence-corrected chi connectivity index (χ2v) is 5.53. The fourth-order valence-corrected chi connectivity index (χ4v) is 2.04. The van der Waals surface area contributed by atoms with E-state index < -0.39 is 0 Å². The van der Waals surface area contributed by atoms with Gasteiger partial charge in [-0.2, -0.15) is 0 Å². The number of ether oxygens (including phenoxy) is 1. The highest BCUT2D eigenvalue weighted by atomic mass is 16.5. The van der Waals surface area contributed by atoms with Crippen molar-refractivity contribution in [3.8, 4) is 0 Å². The van der Waals surface area contributed by atoms with Crippen LogP contribution in [0.1, 0.15) is 25.8 Å². The van der Waals surface area contributed by atoms with Crippen molar-refractivity contribution in [1.29, 1.82) is 0 Å². The van der Waals surface area contributed by atoms with Crippen molar-refractivity contribution in [1.82, 2.24) is 10.3 Å². The zero-order valence-electron chi connectivity index (χ0n) is 12.4. The third kappa shape index (κ3) is 4.91. The third-order valence-corrected chi connectivity index (χ3v) is 3.30. The van der Waals surface area contributed by atoms with E-state index in [1.807, 2.05) is 18.5 Å². The second-order valence-electron chi connectivity index (χ2n) is 5.53. The number of nitrogens with zero attached hydrogens (tertiary/aromatic N) is 1. The Balaban J connectivity index is 1.68. The van der Waals surface area contributed by atoms with E-state index in [0.717, 1.165) is 38.6 Å². The highest BCUT2D eigenvalue weighted by molar-refractivity contribution is 5.81. The summed E-state index contributed by atoms with van der Waals surface area (Å²) in [4.78, 5) is 4.13. The molecule has 0 aliphatic heterocycles. The molecule has 108 valence electrons. The van der Waals surface area contributed by atoms with E-state index in [1.165, 1.54) is 16.3 Å². The lowest BCUT2D eigenvalue weighted by atomic mass is 10.1. The molecule has 0 unspecified atom stereocenters. The average Bonchev–Trinajstić information content (AvgIpc) is 2.46. The fraction of sp³-hybridized carbons (Fsp3) is 0.471. The maximum atomic E-state index is 5.58. The first kappa shape index (κ1) is 14.9. The van der Waals surface area contributed by atoms with E-state index in [2.05, 4.69) is 42.3 Å². The Kier molecular flexibility index (Phi) is 5.96. The number of pyridine rings is 1. The van der Waals surface area contributed by atoms with Crippen LogP contribution in [0.5, 0.6) is 0 Å². The van der Waals surface area contributed by atoms with Gasteiger partial charge in [0, 0.05) is 37.5 Å². The van der Waals surface area contributed by atoms with Gasteiger partial charge >= 0.3 is 0 Å². The summed E-state index contributed by atoms with van der Waals surface area (Å²) < 4.78 is 5.58. The van der Waals surface area contributed by atoms with Crippen molar-refractivity contribution in [3.05, 3.63) is 42.2 Å². The Hall–Kier alpha value is -1.45. The second kappa shape index (κ2) is 7.98. The molecule has 20 heavy (non-hydrogen) atoms. The predicted molar refractivity (Wildman–Crippen MR) is 83.7 cm³/mol. The van der Waals surface area contributed by atoms with Gasteiger partial charge in [-0.1, -0.05) is 26.0 Å². The van der Waals surface area contributed by atoms with E-state index in [0.29, 0.717) is 0 Å². The average molecular weight is 272 g/mol. The van der Waals surface area contributed by atoms with Gasteiger partial charge in [-0.25, -0.2) is 0 Å². The molecule has 0 spiro atoms. The molecule has 2 aromatic rings. The standard InChI is InChI=1S/C17H24N2O/c1-14(2)6-9-20-10-8-19-12-15-3-4-17-13-18-7-5-16(17)11-15/h3-5,7,11,13-14,19H,6,8-10,12H2,1-2H3. The Morgan fingerprint density at radius 1 is 1.15 bits per heavy atom. The topological polar surface area (TPSA) is 34.1 Å². The van der Waals surface area contributed by atoms with Crippen LogP contribution < -0.4 is 5.32 Å². The van der Waals surface area contributed by atoms with E-state index in [1.54, 1.807) is 0 Å². The van der Waals surface area contributed by atoms with E-state index >= 15 is 0 Å². The predicted octanol–water partition coefficient (Wildman–Crippen LogP) is 3.39. The molecule has 1 aromatic heterocycles. The Morgan fingerprint density at radius 2 is 2.05 bits per heavy atom. The maximum absolute atomic E-state index is 5.58. The number of benzene rings is 1. The van der Waals surface area contributed by atoms with Crippen LogP contribution in [0, 0.1) is 5.92 Å². The van der Waals surface area contributed by atoms with Crippen LogP contribution in [0.25, 0.3) is 10.8 Å². The highest BCUT2D eigenvalue weighted by Crippen LogP contribution is 2.14. The van der Waals surface area contributed by atoms with Crippen LogP contribution in [-0.4, -0.2) is 24.7 Å². The van der Waals surface area contributed by atoms with Gasteiger partial charge in [-0.05, 0) is 35.4 Å². The van der Waals surface area contributed by atoms with Gasteiger partial charge in [0.05, 0.1) is 6.61 Å². The molecule has 0 aliphatic carbocycles. The monoisotopic (exact) mass is 272 g/mol. The lowest BCUT2D eigenvalue weighted by molar-refractivity contribution is 0.125. The molecular formula is C17H24N2O. The maximum Gasteiger partial charge on any atom is 0.0591 e. The smallest absolute Gasteiger partial charge is 0.0591 e. The summed E-state index contributed by atoms with van der Waals surface area (Å²) in [6.45, 7) is 7.86. The molecule has 0 atom stereocenters. The van der Waals surface area contributed by atoms with Gasteiger partial charge in [-0.3, -0.25) is 4.98 Å². The highest BCUT2D eigenvalue weighted by Gasteiger charge is 1.97. The van der Waals surface area contributed by atoms with Crippen molar-refractivity contribution in [2.75, 3.05) is 19.8 Å². The normalized spacial score (nSPS) is 11.3. The molecule has 2 rings (SSSR count). The summed E-state index contributed by atoms with van der Waals surface area (Å²) in [5, 5.41) is 5.85. The summed E-state index contributed by atoms with van der Waals surface area (Å²) in [7, 11) is 0. The minimum absolute atomic E-state index is 0.718. The van der Waals surface area contributed by atoms with Crippen LogP contribution in [0.2, 0.25) is 0 Å². The first-order valence-electron chi connectivity index (χ1n) is 7.37. The van der Waals surface area contributed by atoms with Crippen LogP contribution in [0.4, 0.5) is 0 Å². The van der Waals surface area contributed by atoms with Gasteiger partial charge in [-0.15, -0.1) is 0 Å². The number of aromatic nitrogens is 1. The number of fused-ring (bicyclic) bond motifs is 1. The lowest BCUT2D eigenvalue weighted by Crippen LogP contribution is -2.19. The fourth-order valence-electron chi connectivity index (χ4n) is 2.04. The summed E-state index contributed by atoms with van der Waals surface area (Å²) in [5.41, 5.74) is 1.30. The first-order chi connectivity index (χ1) is 9.75. The van der Waals surface area contributed by atoms with Crippen molar-refractivity contribution in [2.45, 2.75) is 26.8 Å². The summed E-state index contributed by atoms with van der Waals surface area (Å²) in [6, 6.07) is 8.53. The molecule has 3 nitrogen and oxygen atoms in total. The summed E-state index contributed by atoms with van der Waals surface area (Å²) in [5.74, 6) is 0.718. The summed E-state index contributed by atoms with van der Waals surface area (Å²) >= 11 is 0. The van der Waals surface area contributed by atoms with Crippen molar-refractivity contribution >= 4 is 10.8 Å². The molecule has 0 saturated carbocycles. The molecular weight excluding hydrogens is 248 g/mol. The van der Waals surface area contributed by atoms with Gasteiger partial charge in [0.1, 0.15) is 0 Å². The number of rotatable bonds is 8. The molecule has 1 N–H and O–H groups in total. The van der Waals surface area contributed by atoms with E-state index in [9.17, 15) is 0 Å². The molecule has 1 aromatic carbocycles. The SMILES string of the molecule is CC(C)CCOCCNCc1ccc2cnccc2c1. The minimum Gasteiger partial charge on any atom is -0.380 e. The first-order valence-corrected chi connectivity index (χ1v) is 7.37. The summed E-state index contributed by atoms with van der Waals surface area (Å²) in [6.07, 6.45) is 4.87. The van der Waals surface area contributed by atoms with Crippen LogP contribution >= 0.6 is 0 Å². The number of hydrogen-bond acceptors (Lipinski definition) is 3. The van der Waals surface area contributed by atoms with Crippen molar-refractivity contribution in [2.24, 2.45) is 5.92 Å². The third-order valence-electron chi connectivity index (χ3n) is 3.30.